The first kappa shape index (κ1) is 8.33. The smallest absolute Gasteiger partial charge is 0.197 e. The van der Waals surface area contributed by atoms with Crippen LogP contribution in [0.3, 0.4) is 0 Å². The Hall–Kier alpha value is -0.770. The van der Waals surface area contributed by atoms with Gasteiger partial charge in [-0.15, -0.1) is 0 Å². The molecule has 0 spiro atoms. The lowest BCUT2D eigenvalue weighted by molar-refractivity contribution is 0.0983. The number of carbonyl (C=O) groups is 1. The molecule has 0 aliphatic heterocycles. The van der Waals surface area contributed by atoms with Crippen LogP contribution in [0.4, 0.5) is 0 Å². The van der Waals surface area contributed by atoms with E-state index in [0.29, 0.717) is 16.8 Å². The predicted octanol–water partition coefficient (Wildman–Crippen LogP) is 1.83. The van der Waals surface area contributed by atoms with Gasteiger partial charge in [-0.3, -0.25) is 4.79 Å². The number of carbonyl (C=O) groups excluding carboxylic acids is 1. The number of hydrogen-bond acceptors (Lipinski definition) is 3. The van der Waals surface area contributed by atoms with Crippen molar-refractivity contribution in [2.75, 3.05) is 0 Å². The molecule has 0 atom stereocenters. The molecule has 0 saturated heterocycles. The lowest BCUT2D eigenvalue weighted by Gasteiger charge is -1.94. The Morgan fingerprint density at radius 2 is 2.45 bits per heavy atom. The maximum atomic E-state index is 11.1. The number of rotatable bonds is 2. The van der Waals surface area contributed by atoms with Crippen LogP contribution in [0.25, 0.3) is 0 Å². The van der Waals surface area contributed by atoms with Crippen molar-refractivity contribution < 1.29 is 4.79 Å². The van der Waals surface area contributed by atoms with Crippen LogP contribution in [0.5, 0.6) is 0 Å². The van der Waals surface area contributed by atoms with E-state index < -0.39 is 0 Å². The van der Waals surface area contributed by atoms with Crippen LogP contribution in [0, 0.1) is 0 Å². The van der Waals surface area contributed by atoms with E-state index in [1.54, 1.807) is 19.2 Å². The summed E-state index contributed by atoms with van der Waals surface area (Å²) in [6.07, 6.45) is 2.03. The molecule has 0 amide bonds. The number of halogens is 1. The molecule has 0 aliphatic rings. The van der Waals surface area contributed by atoms with Crippen LogP contribution in [-0.2, 0) is 0 Å². The summed E-state index contributed by atoms with van der Waals surface area (Å²) in [5.74, 6) is 0.0353. The van der Waals surface area contributed by atoms with E-state index in [2.05, 4.69) is 25.9 Å². The first-order valence-electron chi connectivity index (χ1n) is 3.25. The van der Waals surface area contributed by atoms with Crippen LogP contribution in [-0.4, -0.2) is 15.8 Å². The van der Waals surface area contributed by atoms with Gasteiger partial charge in [0.25, 0.3) is 0 Å². The Morgan fingerprint density at radius 1 is 1.73 bits per heavy atom. The number of hydrogen-bond donors (Lipinski definition) is 0. The number of Topliss-reactive ketones (excluding diaryl/α,β-unsaturated/α-hetero) is 1. The maximum absolute atomic E-state index is 11.1. The summed E-state index contributed by atoms with van der Waals surface area (Å²) in [7, 11) is 0. The van der Waals surface area contributed by atoms with E-state index in [4.69, 9.17) is 0 Å². The number of aromatic nitrogens is 2. The lowest BCUT2D eigenvalue weighted by Crippen LogP contribution is -2.00. The zero-order valence-corrected chi connectivity index (χ0v) is 7.63. The highest BCUT2D eigenvalue weighted by molar-refractivity contribution is 9.10. The van der Waals surface area contributed by atoms with Crippen LogP contribution in [0.2, 0.25) is 0 Å². The van der Waals surface area contributed by atoms with Gasteiger partial charge in [-0.25, -0.2) is 9.97 Å². The summed E-state index contributed by atoms with van der Waals surface area (Å²) in [6, 6.07) is 1.61. The Morgan fingerprint density at radius 3 is 3.00 bits per heavy atom. The molecular weight excluding hydrogens is 208 g/mol. The van der Waals surface area contributed by atoms with Crippen LogP contribution in [0.15, 0.2) is 17.0 Å². The Labute approximate surface area is 73.0 Å². The van der Waals surface area contributed by atoms with Crippen LogP contribution < -0.4 is 0 Å². The summed E-state index contributed by atoms with van der Waals surface area (Å²) >= 11 is 3.09. The van der Waals surface area contributed by atoms with E-state index in [9.17, 15) is 4.79 Å². The first-order valence-corrected chi connectivity index (χ1v) is 4.05. The molecule has 0 saturated carbocycles. The standard InChI is InChI=1S/C7H7BrN2O/c1-2-6(11)5-3-4-9-7(8)10-5/h3-4H,2H2,1H3. The SMILES string of the molecule is CCC(=O)c1ccnc(Br)n1. The van der Waals surface area contributed by atoms with Crippen molar-refractivity contribution >= 4 is 21.7 Å². The topological polar surface area (TPSA) is 42.9 Å². The molecule has 0 aliphatic carbocycles. The van der Waals surface area contributed by atoms with E-state index in [-0.39, 0.29) is 5.78 Å². The highest BCUT2D eigenvalue weighted by Gasteiger charge is 2.03. The molecule has 11 heavy (non-hydrogen) atoms. The van der Waals surface area contributed by atoms with Gasteiger partial charge in [0.05, 0.1) is 0 Å². The quantitative estimate of drug-likeness (QED) is 0.558. The molecule has 1 aromatic heterocycles. The molecular formula is C7H7BrN2O. The fraction of sp³-hybridized carbons (Fsp3) is 0.286. The lowest BCUT2D eigenvalue weighted by atomic mass is 10.2. The molecule has 1 heterocycles. The Bertz CT molecular complexity index is 275. The van der Waals surface area contributed by atoms with Gasteiger partial charge in [-0.2, -0.15) is 0 Å². The average molecular weight is 215 g/mol. The second-order valence-corrected chi connectivity index (χ2v) is 2.70. The van der Waals surface area contributed by atoms with Gasteiger partial charge in [0.1, 0.15) is 5.69 Å². The van der Waals surface area contributed by atoms with Crippen LogP contribution in [0.1, 0.15) is 23.8 Å². The third kappa shape index (κ3) is 2.08. The molecule has 0 bridgehead atoms. The number of nitrogens with zero attached hydrogens (tertiary/aromatic N) is 2. The van der Waals surface area contributed by atoms with Crippen molar-refractivity contribution in [3.8, 4) is 0 Å². The second-order valence-electron chi connectivity index (χ2n) is 1.99. The fourth-order valence-electron chi connectivity index (χ4n) is 0.671. The molecule has 1 aromatic rings. The summed E-state index contributed by atoms with van der Waals surface area (Å²) in [6.45, 7) is 1.80. The van der Waals surface area contributed by atoms with Crippen molar-refractivity contribution in [3.63, 3.8) is 0 Å². The molecule has 0 radical (unpaired) electrons. The summed E-state index contributed by atoms with van der Waals surface area (Å²) in [5.41, 5.74) is 0.467. The Kier molecular flexibility index (Phi) is 2.70. The van der Waals surface area contributed by atoms with Gasteiger partial charge in [0.15, 0.2) is 10.5 Å². The second kappa shape index (κ2) is 3.57. The minimum Gasteiger partial charge on any atom is -0.292 e. The molecule has 58 valence electrons. The molecule has 0 fully saturated rings. The molecule has 1 rings (SSSR count). The molecule has 0 aromatic carbocycles. The third-order valence-corrected chi connectivity index (χ3v) is 1.62. The van der Waals surface area contributed by atoms with Gasteiger partial charge < -0.3 is 0 Å². The van der Waals surface area contributed by atoms with Gasteiger partial charge in [-0.1, -0.05) is 6.92 Å². The van der Waals surface area contributed by atoms with Gasteiger partial charge >= 0.3 is 0 Å². The minimum atomic E-state index is 0.0353. The zero-order chi connectivity index (χ0) is 8.27. The van der Waals surface area contributed by atoms with Gasteiger partial charge in [-0.05, 0) is 22.0 Å². The molecule has 3 nitrogen and oxygen atoms in total. The first-order chi connectivity index (χ1) is 5.24. The molecule has 0 unspecified atom stereocenters. The fourth-order valence-corrected chi connectivity index (χ4v) is 0.981. The monoisotopic (exact) mass is 214 g/mol. The van der Waals surface area contributed by atoms with E-state index in [0.717, 1.165) is 0 Å². The van der Waals surface area contributed by atoms with Gasteiger partial charge in [0, 0.05) is 12.6 Å². The molecule has 0 N–H and O–H groups in total. The number of ketones is 1. The van der Waals surface area contributed by atoms with E-state index >= 15 is 0 Å². The molecule has 4 heteroatoms. The summed E-state index contributed by atoms with van der Waals surface area (Å²) < 4.78 is 0.455. The minimum absolute atomic E-state index is 0.0353. The van der Waals surface area contributed by atoms with Crippen molar-refractivity contribution in [1.82, 2.24) is 9.97 Å². The third-order valence-electron chi connectivity index (χ3n) is 1.23. The normalized spacial score (nSPS) is 9.64. The van der Waals surface area contributed by atoms with Crippen molar-refractivity contribution in [2.24, 2.45) is 0 Å². The van der Waals surface area contributed by atoms with Crippen LogP contribution >= 0.6 is 15.9 Å². The predicted molar refractivity (Wildman–Crippen MR) is 44.4 cm³/mol. The largest absolute Gasteiger partial charge is 0.292 e. The van der Waals surface area contributed by atoms with E-state index in [1.807, 2.05) is 0 Å². The van der Waals surface area contributed by atoms with Crippen molar-refractivity contribution in [1.29, 1.82) is 0 Å². The van der Waals surface area contributed by atoms with E-state index in [1.165, 1.54) is 0 Å². The van der Waals surface area contributed by atoms with Gasteiger partial charge in [0.2, 0.25) is 0 Å². The highest BCUT2D eigenvalue weighted by Crippen LogP contribution is 2.03. The highest BCUT2D eigenvalue weighted by atomic mass is 79.9. The maximum Gasteiger partial charge on any atom is 0.197 e. The Balaban J connectivity index is 2.96. The summed E-state index contributed by atoms with van der Waals surface area (Å²) in [5, 5.41) is 0. The zero-order valence-electron chi connectivity index (χ0n) is 6.04. The summed E-state index contributed by atoms with van der Waals surface area (Å²) in [4.78, 5) is 18.8. The van der Waals surface area contributed by atoms with Crippen molar-refractivity contribution in [2.45, 2.75) is 13.3 Å². The average Bonchev–Trinajstić information content (AvgIpc) is 2.03. The van der Waals surface area contributed by atoms with Crippen molar-refractivity contribution in [3.05, 3.63) is 22.7 Å².